The molecule has 0 aromatic rings. The van der Waals surface area contributed by atoms with Gasteiger partial charge in [-0.15, -0.1) is 0 Å². The summed E-state index contributed by atoms with van der Waals surface area (Å²) in [7, 11) is 0. The van der Waals surface area contributed by atoms with E-state index in [2.05, 4.69) is 20.8 Å². The van der Waals surface area contributed by atoms with Crippen molar-refractivity contribution in [2.45, 2.75) is 45.8 Å². The fourth-order valence-electron chi connectivity index (χ4n) is 1.09. The third-order valence-corrected chi connectivity index (χ3v) is 3.13. The van der Waals surface area contributed by atoms with Gasteiger partial charge in [0.25, 0.3) is 0 Å². The molecule has 0 aromatic carbocycles. The molecule has 0 N–H and O–H groups in total. The highest BCUT2D eigenvalue weighted by Gasteiger charge is 2.13. The summed E-state index contributed by atoms with van der Waals surface area (Å²) in [4.78, 5) is 11.1. The van der Waals surface area contributed by atoms with Gasteiger partial charge in [0.15, 0.2) is 0 Å². The lowest BCUT2D eigenvalue weighted by atomic mass is 10.1. The van der Waals surface area contributed by atoms with Crippen molar-refractivity contribution < 1.29 is 4.79 Å². The maximum atomic E-state index is 11.1. The zero-order valence-corrected chi connectivity index (χ0v) is 9.41. The first-order chi connectivity index (χ1) is 5.57. The average Bonchev–Trinajstić information content (AvgIpc) is 1.96. The SMILES string of the molecule is CCSC(CCC(C)C)C(C)=O. The molecule has 0 amide bonds. The molecule has 1 nitrogen and oxygen atoms in total. The van der Waals surface area contributed by atoms with Crippen molar-refractivity contribution in [3.05, 3.63) is 0 Å². The van der Waals surface area contributed by atoms with Crippen LogP contribution in [0.3, 0.4) is 0 Å². The first-order valence-corrected chi connectivity index (χ1v) is 5.74. The Balaban J connectivity index is 3.71. The Kier molecular flexibility index (Phi) is 6.54. The highest BCUT2D eigenvalue weighted by molar-refractivity contribution is 8.00. The van der Waals surface area contributed by atoms with E-state index in [4.69, 9.17) is 0 Å². The van der Waals surface area contributed by atoms with E-state index in [0.29, 0.717) is 11.7 Å². The number of carbonyl (C=O) groups is 1. The molecule has 0 aliphatic rings. The first-order valence-electron chi connectivity index (χ1n) is 4.70. The Morgan fingerprint density at radius 3 is 2.25 bits per heavy atom. The molecule has 0 heterocycles. The predicted molar refractivity (Wildman–Crippen MR) is 56.7 cm³/mol. The molecular weight excluding hydrogens is 168 g/mol. The van der Waals surface area contributed by atoms with Crippen LogP contribution in [0.15, 0.2) is 0 Å². The standard InChI is InChI=1S/C10H20OS/c1-5-12-10(9(4)11)7-6-8(2)3/h8,10H,5-7H2,1-4H3. The minimum atomic E-state index is 0.248. The van der Waals surface area contributed by atoms with Gasteiger partial charge in [-0.05, 0) is 31.4 Å². The van der Waals surface area contributed by atoms with Crippen molar-refractivity contribution in [1.82, 2.24) is 0 Å². The largest absolute Gasteiger partial charge is 0.299 e. The minimum Gasteiger partial charge on any atom is -0.299 e. The normalized spacial score (nSPS) is 13.4. The van der Waals surface area contributed by atoms with Crippen molar-refractivity contribution in [2.24, 2.45) is 5.92 Å². The quantitative estimate of drug-likeness (QED) is 0.637. The average molecular weight is 188 g/mol. The van der Waals surface area contributed by atoms with Gasteiger partial charge in [0.05, 0.1) is 5.25 Å². The summed E-state index contributed by atoms with van der Waals surface area (Å²) in [5.74, 6) is 2.09. The maximum Gasteiger partial charge on any atom is 0.142 e. The summed E-state index contributed by atoms with van der Waals surface area (Å²) in [6.07, 6.45) is 2.21. The lowest BCUT2D eigenvalue weighted by Crippen LogP contribution is -2.14. The van der Waals surface area contributed by atoms with E-state index in [0.717, 1.165) is 18.6 Å². The Morgan fingerprint density at radius 2 is 1.92 bits per heavy atom. The van der Waals surface area contributed by atoms with Gasteiger partial charge in [-0.3, -0.25) is 4.79 Å². The highest BCUT2D eigenvalue weighted by Crippen LogP contribution is 2.19. The van der Waals surface area contributed by atoms with E-state index < -0.39 is 0 Å². The van der Waals surface area contributed by atoms with Gasteiger partial charge in [0.2, 0.25) is 0 Å². The Morgan fingerprint density at radius 1 is 1.33 bits per heavy atom. The molecule has 0 spiro atoms. The fraction of sp³-hybridized carbons (Fsp3) is 0.900. The van der Waals surface area contributed by atoms with E-state index in [-0.39, 0.29) is 5.25 Å². The summed E-state index contributed by atoms with van der Waals surface area (Å²) in [5, 5.41) is 0.248. The second-order valence-electron chi connectivity index (χ2n) is 3.53. The molecule has 0 saturated carbocycles. The third-order valence-electron chi connectivity index (χ3n) is 1.83. The molecule has 1 atom stereocenters. The van der Waals surface area contributed by atoms with Gasteiger partial charge >= 0.3 is 0 Å². The lowest BCUT2D eigenvalue weighted by molar-refractivity contribution is -0.116. The zero-order valence-electron chi connectivity index (χ0n) is 8.59. The summed E-state index contributed by atoms with van der Waals surface area (Å²) >= 11 is 1.78. The molecular formula is C10H20OS. The maximum absolute atomic E-state index is 11.1. The molecule has 0 aromatic heterocycles. The van der Waals surface area contributed by atoms with Crippen LogP contribution in [-0.4, -0.2) is 16.8 Å². The van der Waals surface area contributed by atoms with Gasteiger partial charge in [-0.25, -0.2) is 0 Å². The van der Waals surface area contributed by atoms with Crippen LogP contribution >= 0.6 is 11.8 Å². The van der Waals surface area contributed by atoms with Crippen LogP contribution in [0.4, 0.5) is 0 Å². The van der Waals surface area contributed by atoms with Gasteiger partial charge in [0, 0.05) is 0 Å². The van der Waals surface area contributed by atoms with Crippen LogP contribution in [0, 0.1) is 5.92 Å². The van der Waals surface area contributed by atoms with E-state index in [1.807, 2.05) is 0 Å². The van der Waals surface area contributed by atoms with Gasteiger partial charge < -0.3 is 0 Å². The van der Waals surface area contributed by atoms with Crippen molar-refractivity contribution in [3.8, 4) is 0 Å². The van der Waals surface area contributed by atoms with E-state index >= 15 is 0 Å². The molecule has 0 aliphatic carbocycles. The Labute approximate surface area is 80.3 Å². The molecule has 0 bridgehead atoms. The second-order valence-corrected chi connectivity index (χ2v) is 5.01. The van der Waals surface area contributed by atoms with Crippen LogP contribution in [-0.2, 0) is 4.79 Å². The summed E-state index contributed by atoms with van der Waals surface area (Å²) in [6, 6.07) is 0. The van der Waals surface area contributed by atoms with Crippen LogP contribution < -0.4 is 0 Å². The van der Waals surface area contributed by atoms with Gasteiger partial charge in [-0.2, -0.15) is 11.8 Å². The molecule has 12 heavy (non-hydrogen) atoms. The van der Waals surface area contributed by atoms with Gasteiger partial charge in [0.1, 0.15) is 5.78 Å². The Bertz CT molecular complexity index is 132. The van der Waals surface area contributed by atoms with Crippen molar-refractivity contribution in [3.63, 3.8) is 0 Å². The number of Topliss-reactive ketones (excluding diaryl/α,β-unsaturated/α-hetero) is 1. The predicted octanol–water partition coefficient (Wildman–Crippen LogP) is 3.13. The molecule has 0 aliphatic heterocycles. The van der Waals surface area contributed by atoms with Crippen LogP contribution in [0.5, 0.6) is 0 Å². The number of carbonyl (C=O) groups excluding carboxylic acids is 1. The number of hydrogen-bond donors (Lipinski definition) is 0. The number of thioether (sulfide) groups is 1. The smallest absolute Gasteiger partial charge is 0.142 e. The molecule has 1 unspecified atom stereocenters. The van der Waals surface area contributed by atoms with Crippen LogP contribution in [0.1, 0.15) is 40.5 Å². The topological polar surface area (TPSA) is 17.1 Å². The Hall–Kier alpha value is 0.0200. The molecule has 0 radical (unpaired) electrons. The summed E-state index contributed by atoms with van der Waals surface area (Å²) < 4.78 is 0. The highest BCUT2D eigenvalue weighted by atomic mass is 32.2. The molecule has 0 rings (SSSR count). The second kappa shape index (κ2) is 6.53. The molecule has 2 heteroatoms. The van der Waals surface area contributed by atoms with Gasteiger partial charge in [-0.1, -0.05) is 20.8 Å². The van der Waals surface area contributed by atoms with E-state index in [1.165, 1.54) is 0 Å². The van der Waals surface area contributed by atoms with Crippen molar-refractivity contribution >= 4 is 17.5 Å². The third kappa shape index (κ3) is 5.64. The summed E-state index contributed by atoms with van der Waals surface area (Å²) in [6.45, 7) is 8.21. The number of ketones is 1. The van der Waals surface area contributed by atoms with E-state index in [1.54, 1.807) is 18.7 Å². The minimum absolute atomic E-state index is 0.248. The first kappa shape index (κ1) is 12.0. The molecule has 72 valence electrons. The zero-order chi connectivity index (χ0) is 9.56. The van der Waals surface area contributed by atoms with Crippen LogP contribution in [0.2, 0.25) is 0 Å². The van der Waals surface area contributed by atoms with Crippen molar-refractivity contribution in [2.75, 3.05) is 5.75 Å². The summed E-state index contributed by atoms with van der Waals surface area (Å²) in [5.41, 5.74) is 0. The van der Waals surface area contributed by atoms with E-state index in [9.17, 15) is 4.79 Å². The van der Waals surface area contributed by atoms with Crippen LogP contribution in [0.25, 0.3) is 0 Å². The molecule has 0 saturated heterocycles. The molecule has 0 fully saturated rings. The fourth-order valence-corrected chi connectivity index (χ4v) is 2.03. The number of hydrogen-bond acceptors (Lipinski definition) is 2. The lowest BCUT2D eigenvalue weighted by Gasteiger charge is -2.13. The van der Waals surface area contributed by atoms with Crippen molar-refractivity contribution in [1.29, 1.82) is 0 Å². The number of rotatable bonds is 6. The monoisotopic (exact) mass is 188 g/mol.